The lowest BCUT2D eigenvalue weighted by Gasteiger charge is -2.17. The molecule has 0 saturated carbocycles. The molecule has 1 unspecified atom stereocenters. The first-order valence-electron chi connectivity index (χ1n) is 8.15. The number of carbonyl (C=O) groups excluding carboxylic acids is 2. The molecule has 1 N–H and O–H groups in total. The van der Waals surface area contributed by atoms with Gasteiger partial charge in [0.05, 0.1) is 11.8 Å². The van der Waals surface area contributed by atoms with Gasteiger partial charge in [-0.3, -0.25) is 9.59 Å². The van der Waals surface area contributed by atoms with Crippen LogP contribution < -0.4 is 5.32 Å². The number of aryl methyl sites for hydroxylation is 3. The number of nitrogens with one attached hydrogen (secondary N) is 1. The first-order chi connectivity index (χ1) is 11.5. The molecule has 0 spiro atoms. The van der Waals surface area contributed by atoms with Gasteiger partial charge < -0.3 is 14.6 Å². The van der Waals surface area contributed by atoms with Gasteiger partial charge in [-0.15, -0.1) is 0 Å². The van der Waals surface area contributed by atoms with Gasteiger partial charge in [-0.1, -0.05) is 29.8 Å². The molecule has 1 atom stereocenters. The number of benzene rings is 1. The topological polar surface area (TPSA) is 62.6 Å². The van der Waals surface area contributed by atoms with Crippen LogP contribution in [0.4, 0.5) is 0 Å². The first-order valence-corrected chi connectivity index (χ1v) is 8.15. The maximum atomic E-state index is 12.5. The van der Waals surface area contributed by atoms with E-state index in [9.17, 15) is 9.59 Å². The van der Waals surface area contributed by atoms with Gasteiger partial charge in [0.2, 0.25) is 5.91 Å². The molecule has 2 heterocycles. The largest absolute Gasteiger partial charge is 0.469 e. The van der Waals surface area contributed by atoms with Crippen LogP contribution >= 0.6 is 0 Å². The monoisotopic (exact) mass is 326 g/mol. The highest BCUT2D eigenvalue weighted by Crippen LogP contribution is 2.19. The van der Waals surface area contributed by atoms with E-state index < -0.39 is 6.04 Å². The molecular formula is C19H22N2O3. The Hall–Kier alpha value is -2.56. The summed E-state index contributed by atoms with van der Waals surface area (Å²) in [5.74, 6) is 0.309. The summed E-state index contributed by atoms with van der Waals surface area (Å²) in [5, 5.41) is 2.85. The molecular weight excluding hydrogens is 304 g/mol. The van der Waals surface area contributed by atoms with E-state index in [1.54, 1.807) is 18.1 Å². The van der Waals surface area contributed by atoms with E-state index in [-0.39, 0.29) is 11.8 Å². The number of carbonyl (C=O) groups is 2. The molecule has 2 aromatic rings. The Morgan fingerprint density at radius 2 is 1.96 bits per heavy atom. The smallest absolute Gasteiger partial charge is 0.255 e. The molecule has 5 nitrogen and oxygen atoms in total. The van der Waals surface area contributed by atoms with Gasteiger partial charge in [-0.25, -0.2) is 0 Å². The summed E-state index contributed by atoms with van der Waals surface area (Å²) in [6.45, 7) is 6.85. The van der Waals surface area contributed by atoms with Gasteiger partial charge in [-0.2, -0.15) is 0 Å². The summed E-state index contributed by atoms with van der Waals surface area (Å²) in [7, 11) is 0. The zero-order chi connectivity index (χ0) is 17.3. The highest BCUT2D eigenvalue weighted by molar-refractivity contribution is 5.99. The Kier molecular flexibility index (Phi) is 4.42. The standard InChI is InChI=1S/C19H22N2O3/c1-12-4-6-15(7-5-12)10-21-9-8-16(19(21)23)20-18(22)17-13(2)11-24-14(17)3/h4-7,11,16H,8-10H2,1-3H3,(H,20,22). The van der Waals surface area contributed by atoms with Crippen LogP contribution in [-0.4, -0.2) is 29.3 Å². The summed E-state index contributed by atoms with van der Waals surface area (Å²) in [5.41, 5.74) is 3.61. The lowest BCUT2D eigenvalue weighted by molar-refractivity contribution is -0.129. The summed E-state index contributed by atoms with van der Waals surface area (Å²) in [6, 6.07) is 7.69. The molecule has 5 heteroatoms. The molecule has 1 aromatic heterocycles. The third-order valence-electron chi connectivity index (χ3n) is 4.48. The summed E-state index contributed by atoms with van der Waals surface area (Å²) < 4.78 is 5.26. The fourth-order valence-electron chi connectivity index (χ4n) is 3.09. The fraction of sp³-hybridized carbons (Fsp3) is 0.368. The Morgan fingerprint density at radius 3 is 2.58 bits per heavy atom. The van der Waals surface area contributed by atoms with Crippen molar-refractivity contribution >= 4 is 11.8 Å². The molecule has 1 aromatic carbocycles. The zero-order valence-corrected chi connectivity index (χ0v) is 14.3. The van der Waals surface area contributed by atoms with E-state index >= 15 is 0 Å². The number of amides is 2. The van der Waals surface area contributed by atoms with Crippen LogP contribution in [0, 0.1) is 20.8 Å². The molecule has 24 heavy (non-hydrogen) atoms. The number of nitrogens with zero attached hydrogens (tertiary/aromatic N) is 1. The van der Waals surface area contributed by atoms with Crippen LogP contribution in [0.2, 0.25) is 0 Å². The molecule has 1 fully saturated rings. The third kappa shape index (κ3) is 3.20. The second-order valence-corrected chi connectivity index (χ2v) is 6.41. The van der Waals surface area contributed by atoms with Crippen molar-refractivity contribution in [2.75, 3.05) is 6.54 Å². The number of hydrogen-bond acceptors (Lipinski definition) is 3. The van der Waals surface area contributed by atoms with Gasteiger partial charge in [-0.05, 0) is 32.8 Å². The Bertz CT molecular complexity index is 742. The van der Waals surface area contributed by atoms with Crippen molar-refractivity contribution in [2.45, 2.75) is 39.8 Å². The average molecular weight is 326 g/mol. The quantitative estimate of drug-likeness (QED) is 0.940. The van der Waals surface area contributed by atoms with E-state index in [1.165, 1.54) is 5.56 Å². The van der Waals surface area contributed by atoms with Crippen molar-refractivity contribution in [3.8, 4) is 0 Å². The Labute approximate surface area is 141 Å². The lowest BCUT2D eigenvalue weighted by atomic mass is 10.1. The van der Waals surface area contributed by atoms with Gasteiger partial charge in [0.15, 0.2) is 0 Å². The first kappa shape index (κ1) is 16.3. The lowest BCUT2D eigenvalue weighted by Crippen LogP contribution is -2.41. The fourth-order valence-corrected chi connectivity index (χ4v) is 3.09. The SMILES string of the molecule is Cc1ccc(CN2CCC(NC(=O)c3c(C)coc3C)C2=O)cc1. The summed E-state index contributed by atoms with van der Waals surface area (Å²) in [4.78, 5) is 26.7. The van der Waals surface area contributed by atoms with Crippen molar-refractivity contribution in [3.63, 3.8) is 0 Å². The molecule has 3 rings (SSSR count). The highest BCUT2D eigenvalue weighted by atomic mass is 16.3. The van der Waals surface area contributed by atoms with E-state index in [0.29, 0.717) is 30.8 Å². The normalized spacial score (nSPS) is 17.4. The zero-order valence-electron chi connectivity index (χ0n) is 14.3. The average Bonchev–Trinajstić information content (AvgIpc) is 3.06. The number of furan rings is 1. The van der Waals surface area contributed by atoms with Crippen molar-refractivity contribution in [2.24, 2.45) is 0 Å². The van der Waals surface area contributed by atoms with Gasteiger partial charge in [0, 0.05) is 18.7 Å². The predicted molar refractivity (Wildman–Crippen MR) is 90.6 cm³/mol. The number of likely N-dealkylation sites (tertiary alicyclic amines) is 1. The Morgan fingerprint density at radius 1 is 1.25 bits per heavy atom. The van der Waals surface area contributed by atoms with Gasteiger partial charge >= 0.3 is 0 Å². The van der Waals surface area contributed by atoms with Crippen LogP contribution in [0.1, 0.15) is 39.2 Å². The van der Waals surface area contributed by atoms with E-state index in [0.717, 1.165) is 11.1 Å². The maximum Gasteiger partial charge on any atom is 0.255 e. The Balaban J connectivity index is 1.64. The molecule has 0 bridgehead atoms. The van der Waals surface area contributed by atoms with Crippen molar-refractivity contribution in [1.82, 2.24) is 10.2 Å². The van der Waals surface area contributed by atoms with Crippen LogP contribution in [0.15, 0.2) is 34.9 Å². The molecule has 1 aliphatic heterocycles. The number of rotatable bonds is 4. The molecule has 1 aliphatic rings. The maximum absolute atomic E-state index is 12.5. The second-order valence-electron chi connectivity index (χ2n) is 6.41. The molecule has 0 aliphatic carbocycles. The van der Waals surface area contributed by atoms with Crippen LogP contribution in [0.3, 0.4) is 0 Å². The third-order valence-corrected chi connectivity index (χ3v) is 4.48. The minimum absolute atomic E-state index is 0.0253. The minimum Gasteiger partial charge on any atom is -0.469 e. The molecule has 0 radical (unpaired) electrons. The van der Waals surface area contributed by atoms with Crippen molar-refractivity contribution < 1.29 is 14.0 Å². The van der Waals surface area contributed by atoms with Crippen LogP contribution in [-0.2, 0) is 11.3 Å². The molecule has 126 valence electrons. The van der Waals surface area contributed by atoms with Crippen LogP contribution in [0.25, 0.3) is 0 Å². The van der Waals surface area contributed by atoms with E-state index in [4.69, 9.17) is 4.42 Å². The predicted octanol–water partition coefficient (Wildman–Crippen LogP) is 2.74. The van der Waals surface area contributed by atoms with Gasteiger partial charge in [0.1, 0.15) is 11.8 Å². The van der Waals surface area contributed by atoms with Crippen LogP contribution in [0.5, 0.6) is 0 Å². The molecule has 1 saturated heterocycles. The molecule has 2 amide bonds. The second kappa shape index (κ2) is 6.51. The summed E-state index contributed by atoms with van der Waals surface area (Å²) in [6.07, 6.45) is 2.19. The van der Waals surface area contributed by atoms with Gasteiger partial charge in [0.25, 0.3) is 5.91 Å². The highest BCUT2D eigenvalue weighted by Gasteiger charge is 2.33. The minimum atomic E-state index is -0.461. The number of hydrogen-bond donors (Lipinski definition) is 1. The van der Waals surface area contributed by atoms with Crippen molar-refractivity contribution in [3.05, 3.63) is 58.5 Å². The van der Waals surface area contributed by atoms with E-state index in [1.807, 2.05) is 38.1 Å². The van der Waals surface area contributed by atoms with Crippen molar-refractivity contribution in [1.29, 1.82) is 0 Å². The summed E-state index contributed by atoms with van der Waals surface area (Å²) >= 11 is 0. The van der Waals surface area contributed by atoms with E-state index in [2.05, 4.69) is 5.32 Å².